The summed E-state index contributed by atoms with van der Waals surface area (Å²) in [5, 5.41) is 3.15. The summed E-state index contributed by atoms with van der Waals surface area (Å²) in [5.41, 5.74) is 0. The molecule has 3 unspecified atom stereocenters. The van der Waals surface area contributed by atoms with Gasteiger partial charge in [0.05, 0.1) is 18.2 Å². The van der Waals surface area contributed by atoms with E-state index < -0.39 is 0 Å². The molecule has 3 rings (SSSR count). The van der Waals surface area contributed by atoms with Crippen LogP contribution in [-0.2, 0) is 4.74 Å². The second-order valence-corrected chi connectivity index (χ2v) is 4.67. The Morgan fingerprint density at radius 1 is 1.44 bits per heavy atom. The van der Waals surface area contributed by atoms with E-state index in [9.17, 15) is 4.79 Å². The van der Waals surface area contributed by atoms with E-state index in [1.807, 2.05) is 0 Å². The van der Waals surface area contributed by atoms with E-state index in [-0.39, 0.29) is 29.0 Å². The van der Waals surface area contributed by atoms with Crippen LogP contribution in [0.3, 0.4) is 0 Å². The van der Waals surface area contributed by atoms with Crippen molar-refractivity contribution in [3.63, 3.8) is 0 Å². The van der Waals surface area contributed by atoms with Crippen molar-refractivity contribution < 1.29 is 13.9 Å². The normalized spacial score (nSPS) is 31.9. The molecule has 2 aliphatic heterocycles. The minimum Gasteiger partial charge on any atom is -0.440 e. The molecular weight excluding hydrogens is 230 g/mol. The van der Waals surface area contributed by atoms with Crippen molar-refractivity contribution in [2.75, 3.05) is 0 Å². The molecule has 2 saturated heterocycles. The minimum atomic E-state index is -0.215. The molecule has 0 aliphatic carbocycles. The summed E-state index contributed by atoms with van der Waals surface area (Å²) in [7, 11) is 0. The number of hydrogen-bond donors (Lipinski definition) is 1. The predicted molar refractivity (Wildman–Crippen MR) is 57.5 cm³/mol. The molecule has 1 aromatic heterocycles. The van der Waals surface area contributed by atoms with Gasteiger partial charge in [-0.2, -0.15) is 0 Å². The van der Waals surface area contributed by atoms with E-state index in [1.165, 1.54) is 0 Å². The summed E-state index contributed by atoms with van der Waals surface area (Å²) in [5.74, 6) is 0.0424. The molecule has 0 saturated carbocycles. The molecule has 4 nitrogen and oxygen atoms in total. The van der Waals surface area contributed by atoms with E-state index in [2.05, 4.69) is 5.32 Å². The lowest BCUT2D eigenvalue weighted by atomic mass is 9.95. The van der Waals surface area contributed by atoms with Gasteiger partial charge in [-0.3, -0.25) is 4.79 Å². The Labute approximate surface area is 97.9 Å². The Kier molecular flexibility index (Phi) is 2.41. The van der Waals surface area contributed by atoms with Crippen LogP contribution in [0.5, 0.6) is 0 Å². The molecule has 3 atom stereocenters. The molecule has 3 heterocycles. The van der Waals surface area contributed by atoms with Crippen LogP contribution in [0.15, 0.2) is 16.5 Å². The van der Waals surface area contributed by atoms with Crippen molar-refractivity contribution in [1.29, 1.82) is 0 Å². The molecule has 2 aliphatic rings. The van der Waals surface area contributed by atoms with E-state index in [0.29, 0.717) is 6.10 Å². The molecule has 0 radical (unpaired) electrons. The van der Waals surface area contributed by atoms with Gasteiger partial charge in [-0.25, -0.2) is 0 Å². The van der Waals surface area contributed by atoms with Crippen LogP contribution < -0.4 is 5.32 Å². The van der Waals surface area contributed by atoms with Crippen molar-refractivity contribution in [1.82, 2.24) is 5.32 Å². The van der Waals surface area contributed by atoms with Crippen LogP contribution in [0, 0.1) is 0 Å². The van der Waals surface area contributed by atoms with Gasteiger partial charge in [0.2, 0.25) is 0 Å². The number of nitrogens with one attached hydrogen (secondary N) is 1. The maximum Gasteiger partial charge on any atom is 0.287 e. The van der Waals surface area contributed by atoms with Crippen molar-refractivity contribution in [3.05, 3.63) is 23.1 Å². The smallest absolute Gasteiger partial charge is 0.287 e. The average molecular weight is 242 g/mol. The number of amides is 1. The Hall–Kier alpha value is -1.00. The van der Waals surface area contributed by atoms with Gasteiger partial charge in [-0.15, -0.1) is 0 Å². The summed E-state index contributed by atoms with van der Waals surface area (Å²) in [6, 6.07) is 3.26. The summed E-state index contributed by atoms with van der Waals surface area (Å²) in [4.78, 5) is 11.8. The summed E-state index contributed by atoms with van der Waals surface area (Å²) >= 11 is 5.61. The molecule has 86 valence electrons. The number of rotatable bonds is 2. The van der Waals surface area contributed by atoms with Crippen molar-refractivity contribution in [2.45, 2.75) is 37.5 Å². The molecule has 1 N–H and O–H groups in total. The zero-order valence-corrected chi connectivity index (χ0v) is 9.37. The third-order valence-electron chi connectivity index (χ3n) is 3.22. The largest absolute Gasteiger partial charge is 0.440 e. The number of halogens is 1. The molecular formula is C11H12ClNO3. The van der Waals surface area contributed by atoms with Gasteiger partial charge in [-0.1, -0.05) is 0 Å². The fourth-order valence-corrected chi connectivity index (χ4v) is 2.61. The van der Waals surface area contributed by atoms with Crippen LogP contribution >= 0.6 is 11.6 Å². The lowest BCUT2D eigenvalue weighted by Crippen LogP contribution is -2.41. The Bertz CT molecular complexity index is 417. The molecule has 16 heavy (non-hydrogen) atoms. The monoisotopic (exact) mass is 241 g/mol. The first-order valence-corrected chi connectivity index (χ1v) is 5.82. The quantitative estimate of drug-likeness (QED) is 0.862. The highest BCUT2D eigenvalue weighted by Gasteiger charge is 2.41. The lowest BCUT2D eigenvalue weighted by Gasteiger charge is -2.19. The highest BCUT2D eigenvalue weighted by Crippen LogP contribution is 2.34. The van der Waals surface area contributed by atoms with Gasteiger partial charge < -0.3 is 14.5 Å². The van der Waals surface area contributed by atoms with Gasteiger partial charge in [0.25, 0.3) is 5.91 Å². The van der Waals surface area contributed by atoms with Crippen LogP contribution in [0.1, 0.15) is 29.8 Å². The van der Waals surface area contributed by atoms with Crippen LogP contribution in [0.25, 0.3) is 0 Å². The van der Waals surface area contributed by atoms with Crippen molar-refractivity contribution in [3.8, 4) is 0 Å². The SMILES string of the molecule is O=C(NC1CC2CCC1O2)c1ccc(Cl)o1. The molecule has 2 bridgehead atoms. The number of fused-ring (bicyclic) bond motifs is 2. The predicted octanol–water partition coefficient (Wildman–Crippen LogP) is 1.98. The molecule has 1 aromatic rings. The van der Waals surface area contributed by atoms with E-state index >= 15 is 0 Å². The molecule has 0 aromatic carbocycles. The van der Waals surface area contributed by atoms with Gasteiger partial charge in [-0.05, 0) is 43.0 Å². The highest BCUT2D eigenvalue weighted by atomic mass is 35.5. The van der Waals surface area contributed by atoms with Crippen LogP contribution in [-0.4, -0.2) is 24.2 Å². The summed E-state index contributed by atoms with van der Waals surface area (Å²) < 4.78 is 10.7. The minimum absolute atomic E-state index is 0.120. The summed E-state index contributed by atoms with van der Waals surface area (Å²) in [6.07, 6.45) is 3.57. The number of carbonyl (C=O) groups excluding carboxylic acids is 1. The maximum atomic E-state index is 11.8. The first-order chi connectivity index (χ1) is 7.72. The number of carbonyl (C=O) groups is 1. The summed E-state index contributed by atoms with van der Waals surface area (Å²) in [6.45, 7) is 0. The number of hydrogen-bond acceptors (Lipinski definition) is 3. The second-order valence-electron chi connectivity index (χ2n) is 4.29. The topological polar surface area (TPSA) is 51.5 Å². The van der Waals surface area contributed by atoms with Gasteiger partial charge >= 0.3 is 0 Å². The van der Waals surface area contributed by atoms with E-state index in [0.717, 1.165) is 19.3 Å². The fourth-order valence-electron chi connectivity index (χ4n) is 2.47. The van der Waals surface area contributed by atoms with Crippen molar-refractivity contribution in [2.24, 2.45) is 0 Å². The Morgan fingerprint density at radius 3 is 2.88 bits per heavy atom. The Morgan fingerprint density at radius 2 is 2.31 bits per heavy atom. The zero-order valence-electron chi connectivity index (χ0n) is 8.61. The number of ether oxygens (including phenoxy) is 1. The van der Waals surface area contributed by atoms with E-state index in [1.54, 1.807) is 12.1 Å². The second kappa shape index (κ2) is 3.79. The third-order valence-corrected chi connectivity index (χ3v) is 3.42. The first-order valence-electron chi connectivity index (χ1n) is 5.44. The lowest BCUT2D eigenvalue weighted by molar-refractivity contribution is 0.0821. The van der Waals surface area contributed by atoms with Crippen molar-refractivity contribution >= 4 is 17.5 Å². The van der Waals surface area contributed by atoms with Crippen LogP contribution in [0.4, 0.5) is 0 Å². The number of furan rings is 1. The molecule has 0 spiro atoms. The third kappa shape index (κ3) is 1.72. The molecule has 1 amide bonds. The maximum absolute atomic E-state index is 11.8. The van der Waals surface area contributed by atoms with Gasteiger partial charge in [0.1, 0.15) is 0 Å². The molecule has 2 fully saturated rings. The van der Waals surface area contributed by atoms with Crippen LogP contribution in [0.2, 0.25) is 5.22 Å². The average Bonchev–Trinajstić information content (AvgIpc) is 2.92. The zero-order chi connectivity index (χ0) is 11.1. The standard InChI is InChI=1S/C11H12ClNO3/c12-10-4-3-9(16-10)11(14)13-7-5-6-1-2-8(7)15-6/h3-4,6-8H,1-2,5H2,(H,13,14). The van der Waals surface area contributed by atoms with Gasteiger partial charge in [0, 0.05) is 0 Å². The highest BCUT2D eigenvalue weighted by molar-refractivity contribution is 6.29. The van der Waals surface area contributed by atoms with E-state index in [4.69, 9.17) is 20.8 Å². The molecule has 5 heteroatoms. The first kappa shape index (κ1) is 10.2. The fraction of sp³-hybridized carbons (Fsp3) is 0.545. The van der Waals surface area contributed by atoms with Gasteiger partial charge in [0.15, 0.2) is 11.0 Å². The Balaban J connectivity index is 1.65.